The van der Waals surface area contributed by atoms with Crippen molar-refractivity contribution in [2.75, 3.05) is 52.9 Å². The van der Waals surface area contributed by atoms with Crippen LogP contribution in [0.5, 0.6) is 0 Å². The SMILES string of the molecule is CCCCOCC1O[C@H](O[C@H]2O[C@H](COCCCC)[C@@H](O)C(OCCCC)C2OCCCC)[C@@H](OCCCC)C(OCCCC)[C@@H]1O. The largest absolute Gasteiger partial charge is 0.387 e. The van der Waals surface area contributed by atoms with Crippen LogP contribution in [0.25, 0.3) is 0 Å². The van der Waals surface area contributed by atoms with Gasteiger partial charge in [0.1, 0.15) is 48.8 Å². The van der Waals surface area contributed by atoms with Crippen molar-refractivity contribution in [1.82, 2.24) is 0 Å². The normalized spacial score (nSPS) is 31.4. The Morgan fingerprint density at radius 2 is 0.723 bits per heavy atom. The maximum absolute atomic E-state index is 11.5. The topological polar surface area (TPSA) is 124 Å². The molecule has 2 N–H and O–H groups in total. The molecule has 2 saturated heterocycles. The quantitative estimate of drug-likeness (QED) is 0.101. The van der Waals surface area contributed by atoms with Crippen LogP contribution in [-0.2, 0) is 42.6 Å². The highest BCUT2D eigenvalue weighted by molar-refractivity contribution is 4.95. The number of hydrogen-bond acceptors (Lipinski definition) is 11. The minimum atomic E-state index is -0.976. The number of aliphatic hydroxyl groups is 2. The Morgan fingerprint density at radius 1 is 0.426 bits per heavy atom. The second kappa shape index (κ2) is 26.4. The summed E-state index contributed by atoms with van der Waals surface area (Å²) in [5.41, 5.74) is 0. The van der Waals surface area contributed by atoms with Gasteiger partial charge < -0.3 is 52.8 Å². The van der Waals surface area contributed by atoms with E-state index in [2.05, 4.69) is 41.5 Å². The summed E-state index contributed by atoms with van der Waals surface area (Å²) in [6, 6.07) is 0. The van der Waals surface area contributed by atoms with Crippen molar-refractivity contribution < 1.29 is 52.8 Å². The Kier molecular flexibility index (Phi) is 24.0. The van der Waals surface area contributed by atoms with Crippen molar-refractivity contribution in [3.05, 3.63) is 0 Å². The zero-order chi connectivity index (χ0) is 34.3. The summed E-state index contributed by atoms with van der Waals surface area (Å²) < 4.78 is 56.9. The first kappa shape index (κ1) is 42.7. The standard InChI is InChI=1S/C36H70O11/c1-7-13-19-39-25-27-29(37)31(41-21-15-9-3)33(43-23-17-11-5)35(45-27)47-36-34(44-24-18-12-6)32(42-22-16-10-4)30(38)28(46-36)26-40-20-14-8-2/h27-38H,7-26H2,1-6H3/t27-,28?,29-,30-,31?,32?,33?,34+,35-,36-/m1/s1. The first-order valence-electron chi connectivity index (χ1n) is 18.9. The average Bonchev–Trinajstić information content (AvgIpc) is 3.07. The number of hydrogen-bond donors (Lipinski definition) is 2. The van der Waals surface area contributed by atoms with E-state index < -0.39 is 61.4 Å². The van der Waals surface area contributed by atoms with Gasteiger partial charge in [-0.1, -0.05) is 80.1 Å². The zero-order valence-corrected chi connectivity index (χ0v) is 30.5. The van der Waals surface area contributed by atoms with Gasteiger partial charge in [0.05, 0.1) is 13.2 Å². The van der Waals surface area contributed by atoms with Crippen LogP contribution in [0.15, 0.2) is 0 Å². The van der Waals surface area contributed by atoms with E-state index in [1.807, 2.05) is 0 Å². The van der Waals surface area contributed by atoms with Crippen molar-refractivity contribution in [3.63, 3.8) is 0 Å². The minimum Gasteiger partial charge on any atom is -0.387 e. The predicted molar refractivity (Wildman–Crippen MR) is 180 cm³/mol. The number of rotatable bonds is 28. The molecule has 0 spiro atoms. The van der Waals surface area contributed by atoms with Gasteiger partial charge in [-0.3, -0.25) is 0 Å². The van der Waals surface area contributed by atoms with Gasteiger partial charge >= 0.3 is 0 Å². The van der Waals surface area contributed by atoms with E-state index in [0.29, 0.717) is 39.6 Å². The van der Waals surface area contributed by atoms with Gasteiger partial charge in [0.25, 0.3) is 0 Å². The molecule has 0 radical (unpaired) electrons. The van der Waals surface area contributed by atoms with E-state index in [1.165, 1.54) is 0 Å². The maximum atomic E-state index is 11.5. The fourth-order valence-corrected chi connectivity index (χ4v) is 5.49. The summed E-state index contributed by atoms with van der Waals surface area (Å²) >= 11 is 0. The van der Waals surface area contributed by atoms with Crippen LogP contribution in [0.2, 0.25) is 0 Å². The van der Waals surface area contributed by atoms with Crippen molar-refractivity contribution >= 4 is 0 Å². The fourth-order valence-electron chi connectivity index (χ4n) is 5.49. The molecule has 0 aromatic heterocycles. The van der Waals surface area contributed by atoms with Gasteiger partial charge in [-0.15, -0.1) is 0 Å². The molecule has 0 aromatic carbocycles. The van der Waals surface area contributed by atoms with Crippen LogP contribution >= 0.6 is 0 Å². The second-order valence-electron chi connectivity index (χ2n) is 12.8. The molecule has 2 heterocycles. The molecule has 2 aliphatic heterocycles. The van der Waals surface area contributed by atoms with Crippen molar-refractivity contribution in [2.24, 2.45) is 0 Å². The first-order valence-corrected chi connectivity index (χ1v) is 18.9. The molecule has 47 heavy (non-hydrogen) atoms. The van der Waals surface area contributed by atoms with E-state index >= 15 is 0 Å². The zero-order valence-electron chi connectivity index (χ0n) is 30.5. The lowest BCUT2D eigenvalue weighted by Crippen LogP contribution is -2.65. The Hall–Kier alpha value is -0.440. The first-order chi connectivity index (χ1) is 23.0. The summed E-state index contributed by atoms with van der Waals surface area (Å²) in [6.07, 6.45) is 2.89. The smallest absolute Gasteiger partial charge is 0.190 e. The molecule has 280 valence electrons. The van der Waals surface area contributed by atoms with E-state index in [-0.39, 0.29) is 13.2 Å². The number of ether oxygens (including phenoxy) is 9. The molecule has 0 saturated carbocycles. The third-order valence-electron chi connectivity index (χ3n) is 8.59. The van der Waals surface area contributed by atoms with Gasteiger partial charge in [0.15, 0.2) is 12.6 Å². The monoisotopic (exact) mass is 678 g/mol. The summed E-state index contributed by atoms with van der Waals surface area (Å²) in [6.45, 7) is 16.0. The van der Waals surface area contributed by atoms with Crippen LogP contribution in [0.3, 0.4) is 0 Å². The molecule has 2 rings (SSSR count). The van der Waals surface area contributed by atoms with Crippen LogP contribution in [0.4, 0.5) is 0 Å². The summed E-state index contributed by atoms with van der Waals surface area (Å²) in [5.74, 6) is 0. The lowest BCUT2D eigenvalue weighted by Gasteiger charge is -2.48. The van der Waals surface area contributed by atoms with Crippen LogP contribution < -0.4 is 0 Å². The molecule has 11 heteroatoms. The van der Waals surface area contributed by atoms with Crippen molar-refractivity contribution in [3.8, 4) is 0 Å². The van der Waals surface area contributed by atoms with E-state index in [1.54, 1.807) is 0 Å². The van der Waals surface area contributed by atoms with Crippen LogP contribution in [-0.4, -0.2) is 124 Å². The molecule has 2 aliphatic rings. The van der Waals surface area contributed by atoms with Crippen LogP contribution in [0, 0.1) is 0 Å². The summed E-state index contributed by atoms with van der Waals surface area (Å²) in [7, 11) is 0. The highest BCUT2D eigenvalue weighted by atomic mass is 16.8. The third-order valence-corrected chi connectivity index (χ3v) is 8.59. The Bertz CT molecular complexity index is 673. The molecule has 0 bridgehead atoms. The summed E-state index contributed by atoms with van der Waals surface area (Å²) in [5, 5.41) is 23.0. The maximum Gasteiger partial charge on any atom is 0.190 e. The van der Waals surface area contributed by atoms with Crippen molar-refractivity contribution in [1.29, 1.82) is 0 Å². The van der Waals surface area contributed by atoms with E-state index in [0.717, 1.165) is 77.0 Å². The fraction of sp³-hybridized carbons (Fsp3) is 1.00. The molecule has 11 nitrogen and oxygen atoms in total. The van der Waals surface area contributed by atoms with Gasteiger partial charge in [-0.25, -0.2) is 0 Å². The molecular weight excluding hydrogens is 608 g/mol. The molecule has 2 fully saturated rings. The number of aliphatic hydroxyl groups excluding tert-OH is 2. The Morgan fingerprint density at radius 3 is 1.04 bits per heavy atom. The third kappa shape index (κ3) is 15.1. The Labute approximate surface area is 285 Å². The predicted octanol–water partition coefficient (Wildman–Crippen LogP) is 5.55. The van der Waals surface area contributed by atoms with Crippen molar-refractivity contribution in [2.45, 2.75) is 180 Å². The molecule has 0 aliphatic carbocycles. The van der Waals surface area contributed by atoms with E-state index in [4.69, 9.17) is 42.6 Å². The molecule has 0 aromatic rings. The minimum absolute atomic E-state index is 0.188. The highest BCUT2D eigenvalue weighted by Crippen LogP contribution is 2.33. The molecule has 0 amide bonds. The average molecular weight is 679 g/mol. The molecule has 4 unspecified atom stereocenters. The molecular formula is C36H70O11. The highest BCUT2D eigenvalue weighted by Gasteiger charge is 2.52. The lowest BCUT2D eigenvalue weighted by atomic mass is 9.97. The van der Waals surface area contributed by atoms with E-state index in [9.17, 15) is 10.2 Å². The van der Waals surface area contributed by atoms with Gasteiger partial charge in [0, 0.05) is 39.6 Å². The second-order valence-corrected chi connectivity index (χ2v) is 12.8. The van der Waals surface area contributed by atoms with Gasteiger partial charge in [0.2, 0.25) is 0 Å². The lowest BCUT2D eigenvalue weighted by molar-refractivity contribution is -0.388. The van der Waals surface area contributed by atoms with Gasteiger partial charge in [-0.05, 0) is 38.5 Å². The molecule has 10 atom stereocenters. The van der Waals surface area contributed by atoms with Crippen LogP contribution in [0.1, 0.15) is 119 Å². The van der Waals surface area contributed by atoms with Gasteiger partial charge in [-0.2, -0.15) is 0 Å². The summed E-state index contributed by atoms with van der Waals surface area (Å²) in [4.78, 5) is 0. The Balaban J connectivity index is 2.42. The number of unbranched alkanes of at least 4 members (excludes halogenated alkanes) is 6.